The van der Waals surface area contributed by atoms with Gasteiger partial charge in [0, 0.05) is 37.5 Å². The fourth-order valence-electron chi connectivity index (χ4n) is 2.76. The van der Waals surface area contributed by atoms with Crippen LogP contribution in [0.5, 0.6) is 5.88 Å². The topological polar surface area (TPSA) is 64.0 Å². The monoisotopic (exact) mass is 327 g/mol. The summed E-state index contributed by atoms with van der Waals surface area (Å²) in [6.07, 6.45) is 5.47. The zero-order valence-corrected chi connectivity index (χ0v) is 14.9. The van der Waals surface area contributed by atoms with Crippen molar-refractivity contribution < 1.29 is 4.74 Å². The Balaban J connectivity index is 1.57. The minimum absolute atomic E-state index is 0.0290. The van der Waals surface area contributed by atoms with E-state index < -0.39 is 0 Å². The highest BCUT2D eigenvalue weighted by atomic mass is 16.5. The minimum atomic E-state index is 0.0290. The Morgan fingerprint density at radius 1 is 1.08 bits per heavy atom. The predicted molar refractivity (Wildman–Crippen MR) is 93.4 cm³/mol. The van der Waals surface area contributed by atoms with Gasteiger partial charge in [-0.1, -0.05) is 20.8 Å². The molecular formula is C18H25N5O. The Labute approximate surface area is 143 Å². The molecular weight excluding hydrogens is 302 g/mol. The Hall–Kier alpha value is -2.24. The van der Waals surface area contributed by atoms with E-state index in [-0.39, 0.29) is 11.5 Å². The number of ether oxygens (including phenoxy) is 1. The Morgan fingerprint density at radius 3 is 2.42 bits per heavy atom. The van der Waals surface area contributed by atoms with Gasteiger partial charge in [0.15, 0.2) is 5.82 Å². The fourth-order valence-corrected chi connectivity index (χ4v) is 2.76. The van der Waals surface area contributed by atoms with E-state index in [9.17, 15) is 0 Å². The van der Waals surface area contributed by atoms with Gasteiger partial charge in [0.1, 0.15) is 6.10 Å². The van der Waals surface area contributed by atoms with Crippen LogP contribution in [0.25, 0.3) is 0 Å². The van der Waals surface area contributed by atoms with Gasteiger partial charge in [-0.05, 0) is 19.1 Å². The molecule has 1 aliphatic heterocycles. The van der Waals surface area contributed by atoms with Crippen molar-refractivity contribution in [2.75, 3.05) is 18.0 Å². The van der Waals surface area contributed by atoms with Crippen molar-refractivity contribution in [3.63, 3.8) is 0 Å². The summed E-state index contributed by atoms with van der Waals surface area (Å²) in [6, 6.07) is 4.15. The number of nitrogens with zero attached hydrogens (tertiary/aromatic N) is 5. The third-order valence-electron chi connectivity index (χ3n) is 4.21. The van der Waals surface area contributed by atoms with Gasteiger partial charge in [-0.2, -0.15) is 5.10 Å². The maximum Gasteiger partial charge on any atom is 0.232 e. The van der Waals surface area contributed by atoms with Crippen LogP contribution in [0, 0.1) is 6.92 Å². The summed E-state index contributed by atoms with van der Waals surface area (Å²) in [5.74, 6) is 1.56. The van der Waals surface area contributed by atoms with Crippen LogP contribution in [-0.4, -0.2) is 39.4 Å². The molecule has 6 nitrogen and oxygen atoms in total. The van der Waals surface area contributed by atoms with Gasteiger partial charge in [0.25, 0.3) is 0 Å². The lowest BCUT2D eigenvalue weighted by atomic mass is 9.92. The number of rotatable bonds is 3. The molecule has 0 spiro atoms. The molecule has 1 saturated heterocycles. The zero-order valence-electron chi connectivity index (χ0n) is 14.9. The van der Waals surface area contributed by atoms with Crippen molar-refractivity contribution in [1.82, 2.24) is 20.2 Å². The van der Waals surface area contributed by atoms with Gasteiger partial charge in [-0.3, -0.25) is 4.98 Å². The molecule has 3 heterocycles. The normalized spacial score (nSPS) is 16.2. The van der Waals surface area contributed by atoms with E-state index in [1.165, 1.54) is 0 Å². The lowest BCUT2D eigenvalue weighted by molar-refractivity contribution is 0.162. The predicted octanol–water partition coefficient (Wildman–Crippen LogP) is 2.92. The summed E-state index contributed by atoms with van der Waals surface area (Å²) in [6.45, 7) is 10.2. The Bertz CT molecular complexity index is 673. The van der Waals surface area contributed by atoms with Crippen molar-refractivity contribution in [2.45, 2.75) is 52.1 Å². The first-order chi connectivity index (χ1) is 11.4. The van der Waals surface area contributed by atoms with Gasteiger partial charge in [-0.25, -0.2) is 4.98 Å². The Morgan fingerprint density at radius 2 is 1.83 bits per heavy atom. The molecule has 0 radical (unpaired) electrons. The molecule has 24 heavy (non-hydrogen) atoms. The molecule has 6 heteroatoms. The first-order valence-corrected chi connectivity index (χ1v) is 8.46. The molecule has 0 amide bonds. The van der Waals surface area contributed by atoms with E-state index in [0.717, 1.165) is 43.1 Å². The molecule has 0 saturated carbocycles. The molecule has 0 bridgehead atoms. The number of hydrogen-bond acceptors (Lipinski definition) is 6. The number of anilines is 1. The van der Waals surface area contributed by atoms with Crippen LogP contribution in [0.2, 0.25) is 0 Å². The average molecular weight is 327 g/mol. The van der Waals surface area contributed by atoms with Gasteiger partial charge >= 0.3 is 0 Å². The molecule has 0 atom stereocenters. The van der Waals surface area contributed by atoms with Crippen LogP contribution in [0.3, 0.4) is 0 Å². The summed E-state index contributed by atoms with van der Waals surface area (Å²) in [5, 5.41) is 8.78. The molecule has 1 fully saturated rings. The first-order valence-electron chi connectivity index (χ1n) is 8.46. The van der Waals surface area contributed by atoms with E-state index in [2.05, 4.69) is 58.0 Å². The fraction of sp³-hybridized carbons (Fsp3) is 0.556. The standard InChI is InChI=1S/C18H25N5O/c1-13-11-19-12-17(20-13)24-14-7-9-23(10-8-14)16-6-5-15(21-22-16)18(2,3)4/h5-6,11-12,14H,7-10H2,1-4H3. The maximum absolute atomic E-state index is 5.95. The number of aryl methyl sites for hydroxylation is 1. The van der Waals surface area contributed by atoms with E-state index >= 15 is 0 Å². The highest BCUT2D eigenvalue weighted by molar-refractivity contribution is 5.38. The molecule has 0 aliphatic carbocycles. The van der Waals surface area contributed by atoms with E-state index in [0.29, 0.717) is 5.88 Å². The largest absolute Gasteiger partial charge is 0.473 e. The van der Waals surface area contributed by atoms with Gasteiger partial charge in [-0.15, -0.1) is 5.10 Å². The molecule has 3 rings (SSSR count). The van der Waals surface area contributed by atoms with Crippen molar-refractivity contribution in [3.8, 4) is 5.88 Å². The molecule has 0 unspecified atom stereocenters. The summed E-state index contributed by atoms with van der Waals surface area (Å²) < 4.78 is 5.95. The van der Waals surface area contributed by atoms with Crippen LogP contribution in [0.4, 0.5) is 5.82 Å². The van der Waals surface area contributed by atoms with E-state index in [4.69, 9.17) is 4.74 Å². The maximum atomic E-state index is 5.95. The summed E-state index contributed by atoms with van der Waals surface area (Å²) in [7, 11) is 0. The third-order valence-corrected chi connectivity index (χ3v) is 4.21. The van der Waals surface area contributed by atoms with E-state index in [1.54, 1.807) is 12.4 Å². The number of aromatic nitrogens is 4. The molecule has 2 aromatic heterocycles. The Kier molecular flexibility index (Phi) is 4.64. The molecule has 2 aromatic rings. The van der Waals surface area contributed by atoms with Crippen LogP contribution in [0.1, 0.15) is 45.0 Å². The molecule has 128 valence electrons. The van der Waals surface area contributed by atoms with Crippen molar-refractivity contribution in [3.05, 3.63) is 35.9 Å². The second-order valence-corrected chi connectivity index (χ2v) is 7.33. The van der Waals surface area contributed by atoms with Crippen LogP contribution >= 0.6 is 0 Å². The van der Waals surface area contributed by atoms with Crippen LogP contribution in [0.15, 0.2) is 24.5 Å². The van der Waals surface area contributed by atoms with Crippen LogP contribution in [-0.2, 0) is 5.41 Å². The number of piperidine rings is 1. The molecule has 0 N–H and O–H groups in total. The van der Waals surface area contributed by atoms with Crippen molar-refractivity contribution >= 4 is 5.82 Å². The second kappa shape index (κ2) is 6.71. The summed E-state index contributed by atoms with van der Waals surface area (Å²) in [5.41, 5.74) is 1.92. The van der Waals surface area contributed by atoms with Gasteiger partial charge < -0.3 is 9.64 Å². The van der Waals surface area contributed by atoms with Crippen molar-refractivity contribution in [2.24, 2.45) is 0 Å². The SMILES string of the molecule is Cc1cncc(OC2CCN(c3ccc(C(C)(C)C)nn3)CC2)n1. The lowest BCUT2D eigenvalue weighted by Crippen LogP contribution is -2.39. The van der Waals surface area contributed by atoms with E-state index in [1.807, 2.05) is 6.92 Å². The smallest absolute Gasteiger partial charge is 0.232 e. The minimum Gasteiger partial charge on any atom is -0.473 e. The average Bonchev–Trinajstić information content (AvgIpc) is 2.55. The summed E-state index contributed by atoms with van der Waals surface area (Å²) in [4.78, 5) is 10.7. The highest BCUT2D eigenvalue weighted by Crippen LogP contribution is 2.23. The highest BCUT2D eigenvalue weighted by Gasteiger charge is 2.23. The second-order valence-electron chi connectivity index (χ2n) is 7.33. The first kappa shape index (κ1) is 16.6. The lowest BCUT2D eigenvalue weighted by Gasteiger charge is -2.32. The quantitative estimate of drug-likeness (QED) is 0.864. The number of hydrogen-bond donors (Lipinski definition) is 0. The molecule has 0 aromatic carbocycles. The summed E-state index contributed by atoms with van der Waals surface area (Å²) >= 11 is 0. The molecule has 1 aliphatic rings. The van der Waals surface area contributed by atoms with Gasteiger partial charge in [0.2, 0.25) is 5.88 Å². The zero-order chi connectivity index (χ0) is 17.2. The van der Waals surface area contributed by atoms with Gasteiger partial charge in [0.05, 0.1) is 17.6 Å². The van der Waals surface area contributed by atoms with Crippen molar-refractivity contribution in [1.29, 1.82) is 0 Å². The third kappa shape index (κ3) is 3.99. The van der Waals surface area contributed by atoms with Crippen LogP contribution < -0.4 is 9.64 Å².